The molecule has 0 aromatic heterocycles. The smallest absolute Gasteiger partial charge is 0.253 e. The largest absolute Gasteiger partial charge is 0.354 e. The summed E-state index contributed by atoms with van der Waals surface area (Å²) in [5.41, 5.74) is 0.505. The summed E-state index contributed by atoms with van der Waals surface area (Å²) in [5, 5.41) is 7.19. The van der Waals surface area contributed by atoms with Crippen molar-refractivity contribution >= 4 is 35.0 Å². The summed E-state index contributed by atoms with van der Waals surface area (Å²) in [7, 11) is 0. The first-order valence-corrected chi connectivity index (χ1v) is 9.55. The molecule has 2 saturated heterocycles. The van der Waals surface area contributed by atoms with E-state index in [0.717, 1.165) is 32.2 Å². The minimum atomic E-state index is -0.151. The van der Waals surface area contributed by atoms with E-state index >= 15 is 0 Å². The van der Waals surface area contributed by atoms with E-state index in [4.69, 9.17) is 23.2 Å². The lowest BCUT2D eigenvalue weighted by atomic mass is 9.96. The Morgan fingerprint density at radius 1 is 1.20 bits per heavy atom. The Kier molecular flexibility index (Phi) is 6.20. The molecule has 2 aliphatic rings. The van der Waals surface area contributed by atoms with Gasteiger partial charge in [-0.25, -0.2) is 0 Å². The van der Waals surface area contributed by atoms with Gasteiger partial charge in [0.2, 0.25) is 5.91 Å². The summed E-state index contributed by atoms with van der Waals surface area (Å²) in [4.78, 5) is 26.9. The van der Waals surface area contributed by atoms with Gasteiger partial charge in [0.1, 0.15) is 0 Å². The van der Waals surface area contributed by atoms with Crippen molar-refractivity contribution in [3.05, 3.63) is 33.8 Å². The number of nitrogens with zero attached hydrogens (tertiary/aromatic N) is 1. The predicted octanol–water partition coefficient (Wildman–Crippen LogP) is 2.71. The second kappa shape index (κ2) is 8.39. The summed E-state index contributed by atoms with van der Waals surface area (Å²) >= 11 is 11.9. The third-order valence-corrected chi connectivity index (χ3v) is 5.67. The Morgan fingerprint density at radius 3 is 2.76 bits per heavy atom. The molecule has 2 unspecified atom stereocenters. The van der Waals surface area contributed by atoms with Gasteiger partial charge in [0.15, 0.2) is 0 Å². The first kappa shape index (κ1) is 18.5. The average molecular weight is 384 g/mol. The van der Waals surface area contributed by atoms with Crippen molar-refractivity contribution in [2.45, 2.75) is 31.7 Å². The molecule has 25 heavy (non-hydrogen) atoms. The number of rotatable bonds is 4. The monoisotopic (exact) mass is 383 g/mol. The van der Waals surface area contributed by atoms with Crippen LogP contribution in [0.2, 0.25) is 10.0 Å². The van der Waals surface area contributed by atoms with Gasteiger partial charge >= 0.3 is 0 Å². The van der Waals surface area contributed by atoms with Crippen LogP contribution in [0.3, 0.4) is 0 Å². The molecule has 3 rings (SSSR count). The fraction of sp³-hybridized carbons (Fsp3) is 0.556. The number of benzene rings is 1. The number of nitrogens with one attached hydrogen (secondary N) is 2. The van der Waals surface area contributed by atoms with E-state index < -0.39 is 0 Å². The van der Waals surface area contributed by atoms with Gasteiger partial charge in [-0.3, -0.25) is 9.59 Å². The molecular weight excluding hydrogens is 361 g/mol. The molecule has 2 atom stereocenters. The number of halogens is 2. The minimum Gasteiger partial charge on any atom is -0.354 e. The highest BCUT2D eigenvalue weighted by Crippen LogP contribution is 2.25. The number of likely N-dealkylation sites (tertiary alicyclic amines) is 1. The van der Waals surface area contributed by atoms with Crippen LogP contribution >= 0.6 is 23.2 Å². The maximum absolute atomic E-state index is 12.7. The molecule has 0 saturated carbocycles. The maximum Gasteiger partial charge on any atom is 0.253 e. The number of hydrogen-bond donors (Lipinski definition) is 2. The number of amides is 2. The quantitative estimate of drug-likeness (QED) is 0.839. The second-order valence-corrected chi connectivity index (χ2v) is 7.57. The topological polar surface area (TPSA) is 61.4 Å². The minimum absolute atomic E-state index is 0.0420. The van der Waals surface area contributed by atoms with E-state index in [1.807, 2.05) is 0 Å². The maximum atomic E-state index is 12.7. The van der Waals surface area contributed by atoms with E-state index in [9.17, 15) is 9.59 Å². The fourth-order valence-electron chi connectivity index (χ4n) is 3.49. The van der Waals surface area contributed by atoms with Crippen molar-refractivity contribution < 1.29 is 9.59 Å². The van der Waals surface area contributed by atoms with E-state index in [0.29, 0.717) is 41.3 Å². The molecule has 2 N–H and O–H groups in total. The van der Waals surface area contributed by atoms with E-state index in [-0.39, 0.29) is 17.7 Å². The van der Waals surface area contributed by atoms with Crippen LogP contribution in [0, 0.1) is 5.92 Å². The lowest BCUT2D eigenvalue weighted by Crippen LogP contribution is -2.47. The third-order valence-electron chi connectivity index (χ3n) is 4.93. The molecule has 1 aromatic carbocycles. The highest BCUT2D eigenvalue weighted by molar-refractivity contribution is 6.42. The summed E-state index contributed by atoms with van der Waals surface area (Å²) in [6.07, 6.45) is 3.91. The average Bonchev–Trinajstić information content (AvgIpc) is 3.15. The third kappa shape index (κ3) is 4.66. The van der Waals surface area contributed by atoms with Crippen LogP contribution in [-0.4, -0.2) is 48.9 Å². The van der Waals surface area contributed by atoms with Gasteiger partial charge in [0, 0.05) is 31.2 Å². The first-order chi connectivity index (χ1) is 12.0. The highest BCUT2D eigenvalue weighted by Gasteiger charge is 2.29. The van der Waals surface area contributed by atoms with E-state index in [1.165, 1.54) is 0 Å². The number of carbonyl (C=O) groups excluding carboxylic acids is 2. The molecule has 0 radical (unpaired) electrons. The molecule has 2 fully saturated rings. The van der Waals surface area contributed by atoms with Crippen LogP contribution in [0.5, 0.6) is 0 Å². The van der Waals surface area contributed by atoms with Gasteiger partial charge < -0.3 is 15.5 Å². The zero-order valence-corrected chi connectivity index (χ0v) is 15.6. The number of carbonyl (C=O) groups is 2. The molecule has 1 aromatic rings. The lowest BCUT2D eigenvalue weighted by molar-refractivity contribution is -0.126. The zero-order chi connectivity index (χ0) is 17.8. The van der Waals surface area contributed by atoms with Gasteiger partial charge in [-0.2, -0.15) is 0 Å². The molecule has 2 aliphatic heterocycles. The van der Waals surface area contributed by atoms with Gasteiger partial charge in [-0.05, 0) is 50.4 Å². The normalized spacial score (nSPS) is 23.5. The highest BCUT2D eigenvalue weighted by atomic mass is 35.5. The summed E-state index contributed by atoms with van der Waals surface area (Å²) in [5.74, 6) is -0.212. The Labute approximate surface area is 158 Å². The Balaban J connectivity index is 1.57. The van der Waals surface area contributed by atoms with E-state index in [1.54, 1.807) is 23.1 Å². The Hall–Kier alpha value is -1.30. The summed E-state index contributed by atoms with van der Waals surface area (Å²) in [6, 6.07) is 5.26. The van der Waals surface area contributed by atoms with Crippen LogP contribution in [0.1, 0.15) is 36.0 Å². The molecule has 2 heterocycles. The molecular formula is C18H23Cl2N3O2. The van der Waals surface area contributed by atoms with Crippen molar-refractivity contribution in [1.82, 2.24) is 15.5 Å². The number of hydrogen-bond acceptors (Lipinski definition) is 3. The van der Waals surface area contributed by atoms with Crippen molar-refractivity contribution in [3.63, 3.8) is 0 Å². The fourth-order valence-corrected chi connectivity index (χ4v) is 3.78. The molecule has 2 amide bonds. The number of piperidine rings is 1. The molecule has 0 spiro atoms. The molecule has 7 heteroatoms. The van der Waals surface area contributed by atoms with Gasteiger partial charge in [0.25, 0.3) is 5.91 Å². The van der Waals surface area contributed by atoms with Crippen LogP contribution in [0.15, 0.2) is 18.2 Å². The second-order valence-electron chi connectivity index (χ2n) is 6.76. The van der Waals surface area contributed by atoms with Crippen LogP contribution in [-0.2, 0) is 4.79 Å². The first-order valence-electron chi connectivity index (χ1n) is 8.80. The Morgan fingerprint density at radius 2 is 2.04 bits per heavy atom. The van der Waals surface area contributed by atoms with Gasteiger partial charge in [-0.15, -0.1) is 0 Å². The van der Waals surface area contributed by atoms with Crippen LogP contribution < -0.4 is 10.6 Å². The van der Waals surface area contributed by atoms with E-state index in [2.05, 4.69) is 10.6 Å². The molecule has 0 bridgehead atoms. The van der Waals surface area contributed by atoms with Crippen LogP contribution in [0.25, 0.3) is 0 Å². The molecule has 136 valence electrons. The lowest BCUT2D eigenvalue weighted by Gasteiger charge is -2.32. The molecule has 0 aliphatic carbocycles. The van der Waals surface area contributed by atoms with Crippen molar-refractivity contribution in [1.29, 1.82) is 0 Å². The summed E-state index contributed by atoms with van der Waals surface area (Å²) < 4.78 is 0. The standard InChI is InChI=1S/C18H23Cl2N3O2/c19-15-6-5-12(9-16(15)20)18(25)23-8-2-3-13(11-23)17(24)22-10-14-4-1-7-21-14/h5-6,9,13-14,21H,1-4,7-8,10-11H2,(H,22,24). The zero-order valence-electron chi connectivity index (χ0n) is 14.1. The SMILES string of the molecule is O=C(NCC1CCCN1)C1CCCN(C(=O)c2ccc(Cl)c(Cl)c2)C1. The van der Waals surface area contributed by atoms with Crippen molar-refractivity contribution in [2.24, 2.45) is 5.92 Å². The van der Waals surface area contributed by atoms with Gasteiger partial charge in [-0.1, -0.05) is 23.2 Å². The molecule has 5 nitrogen and oxygen atoms in total. The summed E-state index contributed by atoms with van der Waals surface area (Å²) in [6.45, 7) is 2.79. The van der Waals surface area contributed by atoms with Crippen molar-refractivity contribution in [2.75, 3.05) is 26.2 Å². The van der Waals surface area contributed by atoms with Gasteiger partial charge in [0.05, 0.1) is 16.0 Å². The van der Waals surface area contributed by atoms with Crippen LogP contribution in [0.4, 0.5) is 0 Å². The Bertz CT molecular complexity index is 647. The predicted molar refractivity (Wildman–Crippen MR) is 99.1 cm³/mol. The van der Waals surface area contributed by atoms with Crippen molar-refractivity contribution in [3.8, 4) is 0 Å².